The van der Waals surface area contributed by atoms with E-state index in [-0.39, 0.29) is 0 Å². The Bertz CT molecular complexity index is 741. The highest BCUT2D eigenvalue weighted by atomic mass is 32.2. The molecule has 0 fully saturated rings. The van der Waals surface area contributed by atoms with E-state index in [4.69, 9.17) is 10.5 Å². The molecule has 0 saturated heterocycles. The Hall–Kier alpha value is -2.20. The zero-order chi connectivity index (χ0) is 13.9. The molecule has 0 aliphatic carbocycles. The minimum atomic E-state index is 0.766. The molecule has 100 valence electrons. The fourth-order valence-electron chi connectivity index (χ4n) is 1.98. The van der Waals surface area contributed by atoms with Crippen molar-refractivity contribution >= 4 is 28.2 Å². The number of nitrogens with zero attached hydrogens (tertiary/aromatic N) is 1. The maximum Gasteiger partial charge on any atom is 0.119 e. The van der Waals surface area contributed by atoms with Crippen LogP contribution < -0.4 is 10.5 Å². The van der Waals surface area contributed by atoms with Crippen LogP contribution in [0.1, 0.15) is 0 Å². The molecule has 0 aliphatic rings. The average Bonchev–Trinajstić information content (AvgIpc) is 2.49. The van der Waals surface area contributed by atoms with Crippen LogP contribution in [0.4, 0.5) is 5.69 Å². The lowest BCUT2D eigenvalue weighted by atomic mass is 10.2. The number of aromatic nitrogens is 1. The Morgan fingerprint density at radius 2 is 1.85 bits per heavy atom. The van der Waals surface area contributed by atoms with Gasteiger partial charge in [0.25, 0.3) is 0 Å². The van der Waals surface area contributed by atoms with E-state index >= 15 is 0 Å². The second-order valence-corrected chi connectivity index (χ2v) is 5.44. The van der Waals surface area contributed by atoms with Crippen molar-refractivity contribution in [2.24, 2.45) is 0 Å². The summed E-state index contributed by atoms with van der Waals surface area (Å²) in [6.07, 6.45) is 1.83. The van der Waals surface area contributed by atoms with Gasteiger partial charge in [0, 0.05) is 22.2 Å². The van der Waals surface area contributed by atoms with Gasteiger partial charge in [0.15, 0.2) is 0 Å². The summed E-state index contributed by atoms with van der Waals surface area (Å²) in [6.45, 7) is 0. The van der Waals surface area contributed by atoms with Gasteiger partial charge in [0.05, 0.1) is 7.11 Å². The van der Waals surface area contributed by atoms with E-state index in [2.05, 4.69) is 4.98 Å². The molecule has 3 aromatic rings. The largest absolute Gasteiger partial charge is 0.497 e. The minimum Gasteiger partial charge on any atom is -0.497 e. The quantitative estimate of drug-likeness (QED) is 0.738. The monoisotopic (exact) mass is 282 g/mol. The summed E-state index contributed by atoms with van der Waals surface area (Å²) in [5, 5.41) is 3.21. The van der Waals surface area contributed by atoms with Crippen molar-refractivity contribution in [3.05, 3.63) is 54.7 Å². The van der Waals surface area contributed by atoms with Gasteiger partial charge in [-0.2, -0.15) is 0 Å². The van der Waals surface area contributed by atoms with Crippen molar-refractivity contribution in [3.63, 3.8) is 0 Å². The number of hydrogen-bond acceptors (Lipinski definition) is 4. The van der Waals surface area contributed by atoms with E-state index in [1.807, 2.05) is 54.7 Å². The molecule has 20 heavy (non-hydrogen) atoms. The van der Waals surface area contributed by atoms with Crippen LogP contribution in [0.3, 0.4) is 0 Å². The van der Waals surface area contributed by atoms with Crippen molar-refractivity contribution in [1.82, 2.24) is 4.98 Å². The van der Waals surface area contributed by atoms with Gasteiger partial charge in [0.2, 0.25) is 0 Å². The van der Waals surface area contributed by atoms with Gasteiger partial charge in [-0.25, -0.2) is 4.98 Å². The molecule has 0 unspecified atom stereocenters. The molecule has 2 N–H and O–H groups in total. The van der Waals surface area contributed by atoms with Crippen molar-refractivity contribution < 1.29 is 4.74 Å². The standard InChI is InChI=1S/C16H14N2OS/c1-19-13-5-2-11-8-9-18-16(15(11)10-13)20-14-6-3-12(17)4-7-14/h2-10H,17H2,1H3. The third kappa shape index (κ3) is 2.56. The summed E-state index contributed by atoms with van der Waals surface area (Å²) in [7, 11) is 1.67. The van der Waals surface area contributed by atoms with Crippen LogP contribution in [-0.2, 0) is 0 Å². The number of rotatable bonds is 3. The molecule has 2 aromatic carbocycles. The first-order valence-electron chi connectivity index (χ1n) is 6.22. The van der Waals surface area contributed by atoms with E-state index in [1.165, 1.54) is 0 Å². The summed E-state index contributed by atoms with van der Waals surface area (Å²) in [5.74, 6) is 0.838. The molecule has 0 saturated carbocycles. The Labute approximate surface area is 121 Å². The molecule has 0 aliphatic heterocycles. The molecule has 3 nitrogen and oxygen atoms in total. The van der Waals surface area contributed by atoms with E-state index in [1.54, 1.807) is 18.9 Å². The van der Waals surface area contributed by atoms with E-state index in [9.17, 15) is 0 Å². The fraction of sp³-hybridized carbons (Fsp3) is 0.0625. The van der Waals surface area contributed by atoms with Gasteiger partial charge in [-0.15, -0.1) is 0 Å². The van der Waals surface area contributed by atoms with Gasteiger partial charge >= 0.3 is 0 Å². The van der Waals surface area contributed by atoms with Gasteiger partial charge in [-0.05, 0) is 47.9 Å². The predicted molar refractivity (Wildman–Crippen MR) is 83.3 cm³/mol. The van der Waals surface area contributed by atoms with Gasteiger partial charge in [-0.1, -0.05) is 17.8 Å². The maximum absolute atomic E-state index is 5.71. The summed E-state index contributed by atoms with van der Waals surface area (Å²) in [5.41, 5.74) is 6.47. The third-order valence-electron chi connectivity index (χ3n) is 3.03. The number of anilines is 1. The minimum absolute atomic E-state index is 0.766. The third-order valence-corrected chi connectivity index (χ3v) is 4.06. The molecule has 1 heterocycles. The van der Waals surface area contributed by atoms with Crippen molar-refractivity contribution in [2.45, 2.75) is 9.92 Å². The number of pyridine rings is 1. The number of nitrogens with two attached hydrogens (primary N) is 1. The van der Waals surface area contributed by atoms with Crippen LogP contribution in [0.25, 0.3) is 10.8 Å². The van der Waals surface area contributed by atoms with Crippen LogP contribution in [0.2, 0.25) is 0 Å². The zero-order valence-electron chi connectivity index (χ0n) is 11.0. The summed E-state index contributed by atoms with van der Waals surface area (Å²) in [4.78, 5) is 5.59. The lowest BCUT2D eigenvalue weighted by Crippen LogP contribution is -1.87. The summed E-state index contributed by atoms with van der Waals surface area (Å²) < 4.78 is 5.29. The van der Waals surface area contributed by atoms with Crippen molar-refractivity contribution in [1.29, 1.82) is 0 Å². The topological polar surface area (TPSA) is 48.1 Å². The normalized spacial score (nSPS) is 10.7. The smallest absolute Gasteiger partial charge is 0.119 e. The zero-order valence-corrected chi connectivity index (χ0v) is 11.9. The van der Waals surface area contributed by atoms with Crippen LogP contribution >= 0.6 is 11.8 Å². The highest BCUT2D eigenvalue weighted by Gasteiger charge is 2.06. The fourth-order valence-corrected chi connectivity index (χ4v) is 2.87. The Morgan fingerprint density at radius 1 is 1.05 bits per heavy atom. The molecule has 0 spiro atoms. The number of fused-ring (bicyclic) bond motifs is 1. The second kappa shape index (κ2) is 5.43. The summed E-state index contributed by atoms with van der Waals surface area (Å²) >= 11 is 1.62. The lowest BCUT2D eigenvalue weighted by molar-refractivity contribution is 0.415. The van der Waals surface area contributed by atoms with Crippen molar-refractivity contribution in [2.75, 3.05) is 12.8 Å². The summed E-state index contributed by atoms with van der Waals surface area (Å²) in [6, 6.07) is 15.8. The Morgan fingerprint density at radius 3 is 2.60 bits per heavy atom. The molecular formula is C16H14N2OS. The SMILES string of the molecule is COc1ccc2ccnc(Sc3ccc(N)cc3)c2c1. The molecule has 0 radical (unpaired) electrons. The molecule has 0 amide bonds. The van der Waals surface area contributed by atoms with Crippen LogP contribution in [0.5, 0.6) is 5.75 Å². The number of hydrogen-bond donors (Lipinski definition) is 1. The average molecular weight is 282 g/mol. The van der Waals surface area contributed by atoms with Gasteiger partial charge in [-0.3, -0.25) is 0 Å². The van der Waals surface area contributed by atoms with Crippen LogP contribution in [0, 0.1) is 0 Å². The van der Waals surface area contributed by atoms with Gasteiger partial charge in [0.1, 0.15) is 10.8 Å². The Balaban J connectivity index is 2.04. The lowest BCUT2D eigenvalue weighted by Gasteiger charge is -2.07. The molecule has 0 atom stereocenters. The first kappa shape index (κ1) is 12.8. The van der Waals surface area contributed by atoms with Gasteiger partial charge < -0.3 is 10.5 Å². The molecule has 0 bridgehead atoms. The van der Waals surface area contributed by atoms with E-state index in [0.29, 0.717) is 0 Å². The number of benzene rings is 2. The number of nitrogen functional groups attached to an aromatic ring is 1. The number of ether oxygens (including phenoxy) is 1. The first-order chi connectivity index (χ1) is 9.76. The molecule has 3 rings (SSSR count). The Kier molecular flexibility index (Phi) is 3.48. The molecule has 4 heteroatoms. The molecular weight excluding hydrogens is 268 g/mol. The highest BCUT2D eigenvalue weighted by Crippen LogP contribution is 2.33. The van der Waals surface area contributed by atoms with Crippen LogP contribution in [0.15, 0.2) is 64.6 Å². The highest BCUT2D eigenvalue weighted by molar-refractivity contribution is 7.99. The second-order valence-electron chi connectivity index (χ2n) is 4.37. The van der Waals surface area contributed by atoms with E-state index < -0.39 is 0 Å². The molecule has 1 aromatic heterocycles. The van der Waals surface area contributed by atoms with E-state index in [0.717, 1.165) is 32.1 Å². The van der Waals surface area contributed by atoms with Crippen molar-refractivity contribution in [3.8, 4) is 5.75 Å². The van der Waals surface area contributed by atoms with Crippen LogP contribution in [-0.4, -0.2) is 12.1 Å². The number of methoxy groups -OCH3 is 1. The first-order valence-corrected chi connectivity index (χ1v) is 7.04. The maximum atomic E-state index is 5.71. The predicted octanol–water partition coefficient (Wildman–Crippen LogP) is 3.98.